The van der Waals surface area contributed by atoms with E-state index in [0.29, 0.717) is 16.4 Å². The molecule has 0 amide bonds. The van der Waals surface area contributed by atoms with Crippen molar-refractivity contribution in [1.29, 1.82) is 0 Å². The first-order valence-corrected chi connectivity index (χ1v) is 7.43. The van der Waals surface area contributed by atoms with E-state index < -0.39 is 0 Å². The van der Waals surface area contributed by atoms with Gasteiger partial charge < -0.3 is 4.48 Å². The maximum Gasteiger partial charge on any atom is 0.105 e. The third-order valence-electron chi connectivity index (χ3n) is 7.35. The maximum absolute atomic E-state index is 2.59. The predicted octanol–water partition coefficient (Wildman–Crippen LogP) is 3.69. The lowest BCUT2D eigenvalue weighted by molar-refractivity contribution is -0.940. The van der Waals surface area contributed by atoms with Crippen LogP contribution < -0.4 is 0 Å². The Morgan fingerprint density at radius 2 is 1.29 bits per heavy atom. The highest BCUT2D eigenvalue weighted by atomic mass is 15.4. The Kier molecular flexibility index (Phi) is 2.07. The molecular formula is C16H30N+. The average Bonchev–Trinajstić information content (AvgIpc) is 2.11. The lowest BCUT2D eigenvalue weighted by atomic mass is 9.37. The minimum absolute atomic E-state index is 0.492. The van der Waals surface area contributed by atoms with Crippen molar-refractivity contribution < 1.29 is 4.48 Å². The molecule has 0 radical (unpaired) electrons. The average molecular weight is 236 g/mol. The summed E-state index contributed by atoms with van der Waals surface area (Å²) in [5.74, 6) is 2.05. The lowest BCUT2D eigenvalue weighted by Crippen LogP contribution is -2.76. The smallest absolute Gasteiger partial charge is 0.105 e. The molecule has 0 aliphatic heterocycles. The third kappa shape index (κ3) is 1.20. The number of nitrogens with zero attached hydrogens (tertiary/aromatic N) is 1. The lowest BCUT2D eigenvalue weighted by Gasteiger charge is -2.72. The van der Waals surface area contributed by atoms with E-state index in [1.54, 1.807) is 0 Å². The van der Waals surface area contributed by atoms with E-state index in [9.17, 15) is 0 Å². The van der Waals surface area contributed by atoms with Crippen molar-refractivity contribution in [2.45, 2.75) is 58.4 Å². The number of rotatable bonds is 1. The molecule has 4 aliphatic rings. The monoisotopic (exact) mass is 236 g/mol. The van der Waals surface area contributed by atoms with E-state index in [0.717, 1.165) is 11.8 Å². The van der Waals surface area contributed by atoms with Gasteiger partial charge in [-0.3, -0.25) is 0 Å². The van der Waals surface area contributed by atoms with Gasteiger partial charge >= 0.3 is 0 Å². The molecule has 1 nitrogen and oxygen atoms in total. The molecule has 17 heavy (non-hydrogen) atoms. The zero-order valence-electron chi connectivity index (χ0n) is 12.6. The van der Waals surface area contributed by atoms with Crippen molar-refractivity contribution in [2.75, 3.05) is 21.1 Å². The predicted molar refractivity (Wildman–Crippen MR) is 72.7 cm³/mol. The van der Waals surface area contributed by atoms with Crippen LogP contribution in [0, 0.1) is 22.7 Å². The second-order valence-corrected chi connectivity index (χ2v) is 9.01. The molecule has 0 heterocycles. The fourth-order valence-corrected chi connectivity index (χ4v) is 6.31. The van der Waals surface area contributed by atoms with E-state index in [1.807, 2.05) is 0 Å². The number of hydrogen-bond donors (Lipinski definition) is 0. The zero-order chi connectivity index (χ0) is 12.7. The molecule has 0 aromatic rings. The van der Waals surface area contributed by atoms with Crippen LogP contribution in [-0.4, -0.2) is 31.2 Å². The molecular weight excluding hydrogens is 206 g/mol. The summed E-state index contributed by atoms with van der Waals surface area (Å²) in [5.41, 5.74) is 1.63. The molecule has 0 N–H and O–H groups in total. The first kappa shape index (κ1) is 12.0. The Hall–Kier alpha value is -0.0400. The largest absolute Gasteiger partial charge is 0.326 e. The molecule has 4 fully saturated rings. The highest BCUT2D eigenvalue weighted by Gasteiger charge is 2.71. The second kappa shape index (κ2) is 2.92. The quantitative estimate of drug-likeness (QED) is 0.609. The first-order valence-electron chi connectivity index (χ1n) is 7.43. The van der Waals surface area contributed by atoms with E-state index in [-0.39, 0.29) is 0 Å². The Balaban J connectivity index is 2.15. The Labute approximate surface area is 107 Å². The minimum atomic E-state index is 0.492. The third-order valence-corrected chi connectivity index (χ3v) is 7.35. The van der Waals surface area contributed by atoms with Crippen LogP contribution in [0.25, 0.3) is 0 Å². The molecule has 2 atom stereocenters. The van der Waals surface area contributed by atoms with Gasteiger partial charge in [-0.1, -0.05) is 20.8 Å². The van der Waals surface area contributed by atoms with Crippen LogP contribution in [0.15, 0.2) is 0 Å². The van der Waals surface area contributed by atoms with Crippen LogP contribution in [0.2, 0.25) is 0 Å². The molecule has 4 bridgehead atoms. The molecule has 0 aromatic carbocycles. The van der Waals surface area contributed by atoms with Gasteiger partial charge in [0.15, 0.2) is 0 Å². The van der Waals surface area contributed by atoms with Crippen molar-refractivity contribution in [1.82, 2.24) is 0 Å². The zero-order valence-corrected chi connectivity index (χ0v) is 12.6. The summed E-state index contributed by atoms with van der Waals surface area (Å²) >= 11 is 0. The van der Waals surface area contributed by atoms with Crippen molar-refractivity contribution in [3.63, 3.8) is 0 Å². The molecule has 0 aromatic heterocycles. The summed E-state index contributed by atoms with van der Waals surface area (Å²) in [7, 11) is 7.33. The van der Waals surface area contributed by atoms with Crippen LogP contribution in [-0.2, 0) is 0 Å². The summed E-state index contributed by atoms with van der Waals surface area (Å²) in [6.07, 6.45) is 7.50. The summed E-state index contributed by atoms with van der Waals surface area (Å²) in [6.45, 7) is 7.75. The van der Waals surface area contributed by atoms with Crippen LogP contribution >= 0.6 is 0 Å². The second-order valence-electron chi connectivity index (χ2n) is 9.01. The van der Waals surface area contributed by atoms with Crippen molar-refractivity contribution in [3.8, 4) is 0 Å². The molecule has 1 heteroatoms. The van der Waals surface area contributed by atoms with Gasteiger partial charge in [0.1, 0.15) is 5.54 Å². The van der Waals surface area contributed by atoms with E-state index >= 15 is 0 Å². The maximum atomic E-state index is 2.59. The van der Waals surface area contributed by atoms with Crippen molar-refractivity contribution in [2.24, 2.45) is 22.7 Å². The van der Waals surface area contributed by atoms with E-state index in [4.69, 9.17) is 0 Å². The summed E-state index contributed by atoms with van der Waals surface area (Å²) in [5, 5.41) is 0. The van der Waals surface area contributed by atoms with Gasteiger partial charge in [-0.15, -0.1) is 0 Å². The standard InChI is InChI=1S/C16H30N/c1-14(2)15(3)8-12-7-13(9-15)11-16(14,10-12)17(4,5)6/h12-13H,7-11H2,1-6H3/q+1. The summed E-state index contributed by atoms with van der Waals surface area (Å²) in [6, 6.07) is 0. The molecule has 2 unspecified atom stereocenters. The van der Waals surface area contributed by atoms with Gasteiger partial charge in [-0.25, -0.2) is 0 Å². The molecule has 98 valence electrons. The molecule has 4 saturated carbocycles. The summed E-state index contributed by atoms with van der Waals surface area (Å²) < 4.78 is 1.17. The number of quaternary nitrogens is 1. The minimum Gasteiger partial charge on any atom is -0.326 e. The fourth-order valence-electron chi connectivity index (χ4n) is 6.31. The topological polar surface area (TPSA) is 0 Å². The van der Waals surface area contributed by atoms with Crippen LogP contribution in [0.1, 0.15) is 52.9 Å². The molecule has 0 saturated heterocycles. The number of hydrogen-bond acceptors (Lipinski definition) is 0. The first-order chi connectivity index (χ1) is 7.61. The normalized spacial score (nSPS) is 51.9. The van der Waals surface area contributed by atoms with Gasteiger partial charge in [0.2, 0.25) is 0 Å². The van der Waals surface area contributed by atoms with Crippen LogP contribution in [0.5, 0.6) is 0 Å². The molecule has 0 spiro atoms. The van der Waals surface area contributed by atoms with Crippen molar-refractivity contribution in [3.05, 3.63) is 0 Å². The van der Waals surface area contributed by atoms with Crippen LogP contribution in [0.3, 0.4) is 0 Å². The fraction of sp³-hybridized carbons (Fsp3) is 1.00. The Morgan fingerprint density at radius 3 is 1.71 bits per heavy atom. The summed E-state index contributed by atoms with van der Waals surface area (Å²) in [4.78, 5) is 0. The highest BCUT2D eigenvalue weighted by molar-refractivity contribution is 5.16. The van der Waals surface area contributed by atoms with Gasteiger partial charge in [0, 0.05) is 18.3 Å². The van der Waals surface area contributed by atoms with Gasteiger partial charge in [0.05, 0.1) is 21.1 Å². The van der Waals surface area contributed by atoms with Gasteiger partial charge in [-0.05, 0) is 36.5 Å². The Morgan fingerprint density at radius 1 is 0.824 bits per heavy atom. The molecule has 4 rings (SSSR count). The van der Waals surface area contributed by atoms with Crippen molar-refractivity contribution >= 4 is 0 Å². The van der Waals surface area contributed by atoms with Gasteiger partial charge in [0.25, 0.3) is 0 Å². The highest BCUT2D eigenvalue weighted by Crippen LogP contribution is 2.71. The van der Waals surface area contributed by atoms with E-state index in [2.05, 4.69) is 41.9 Å². The molecule has 4 aliphatic carbocycles. The van der Waals surface area contributed by atoms with E-state index in [1.165, 1.54) is 36.6 Å². The Bertz CT molecular complexity index is 333. The van der Waals surface area contributed by atoms with Gasteiger partial charge in [-0.2, -0.15) is 0 Å². The van der Waals surface area contributed by atoms with Crippen LogP contribution in [0.4, 0.5) is 0 Å². The SMILES string of the molecule is CC12CC3CC(C1)CC([N+](C)(C)C)(C3)C2(C)C.